The van der Waals surface area contributed by atoms with Crippen LogP contribution in [0.2, 0.25) is 0 Å². The Balaban J connectivity index is 1.77. The third-order valence-electron chi connectivity index (χ3n) is 3.40. The fraction of sp³-hybridized carbons (Fsp3) is 0.750. The third-order valence-corrected chi connectivity index (χ3v) is 3.74. The first-order chi connectivity index (χ1) is 7.25. The molecule has 0 bridgehead atoms. The summed E-state index contributed by atoms with van der Waals surface area (Å²) in [7, 11) is 0. The molecule has 2 nitrogen and oxygen atoms in total. The number of imidazole rings is 1. The number of nitrogens with zero attached hydrogens (tertiary/aromatic N) is 1. The smallest absolute Gasteiger partial charge is 0.177 e. The van der Waals surface area contributed by atoms with Crippen molar-refractivity contribution in [3.05, 3.63) is 16.7 Å². The van der Waals surface area contributed by atoms with Crippen molar-refractivity contribution in [2.24, 2.45) is 5.92 Å². The van der Waals surface area contributed by atoms with Crippen LogP contribution in [0.1, 0.15) is 44.2 Å². The Bertz CT molecular complexity index is 358. The summed E-state index contributed by atoms with van der Waals surface area (Å²) in [5, 5.41) is 0. The molecule has 1 fully saturated rings. The first-order valence-corrected chi connectivity index (χ1v) is 6.42. The summed E-state index contributed by atoms with van der Waals surface area (Å²) < 4.78 is 3.04. The molecule has 1 saturated carbocycles. The van der Waals surface area contributed by atoms with Gasteiger partial charge < -0.3 is 9.55 Å². The van der Waals surface area contributed by atoms with Crippen molar-refractivity contribution in [3.63, 3.8) is 0 Å². The molecule has 1 aromatic heterocycles. The van der Waals surface area contributed by atoms with Crippen LogP contribution < -0.4 is 0 Å². The summed E-state index contributed by atoms with van der Waals surface area (Å²) in [6, 6.07) is 0. The molecule has 2 rings (SSSR count). The number of H-pyrrole nitrogens is 1. The Hall–Kier alpha value is -0.570. The van der Waals surface area contributed by atoms with E-state index in [4.69, 9.17) is 12.2 Å². The van der Waals surface area contributed by atoms with Gasteiger partial charge in [-0.25, -0.2) is 0 Å². The fourth-order valence-electron chi connectivity index (χ4n) is 2.58. The van der Waals surface area contributed by atoms with Crippen LogP contribution in [0.15, 0.2) is 6.20 Å². The van der Waals surface area contributed by atoms with Gasteiger partial charge in [-0.05, 0) is 37.9 Å². The minimum absolute atomic E-state index is 0.874. The van der Waals surface area contributed by atoms with Crippen molar-refractivity contribution in [2.75, 3.05) is 0 Å². The van der Waals surface area contributed by atoms with Crippen LogP contribution in [-0.2, 0) is 6.54 Å². The minimum Gasteiger partial charge on any atom is -0.335 e. The molecule has 1 aliphatic rings. The van der Waals surface area contributed by atoms with Gasteiger partial charge in [0.1, 0.15) is 0 Å². The molecule has 0 amide bonds. The molecule has 1 N–H and O–H groups in total. The lowest BCUT2D eigenvalue weighted by atomic mass is 10.0. The third kappa shape index (κ3) is 2.94. The van der Waals surface area contributed by atoms with E-state index in [0.717, 1.165) is 17.2 Å². The number of aromatic nitrogens is 2. The second kappa shape index (κ2) is 4.97. The highest BCUT2D eigenvalue weighted by Gasteiger charge is 2.14. The van der Waals surface area contributed by atoms with Gasteiger partial charge in [-0.3, -0.25) is 0 Å². The zero-order valence-corrected chi connectivity index (χ0v) is 10.3. The Kier molecular flexibility index (Phi) is 3.62. The number of aryl methyl sites for hydroxylation is 2. The van der Waals surface area contributed by atoms with Crippen LogP contribution in [0.25, 0.3) is 0 Å². The van der Waals surface area contributed by atoms with E-state index in [1.54, 1.807) is 0 Å². The van der Waals surface area contributed by atoms with Crippen LogP contribution in [0.4, 0.5) is 0 Å². The molecule has 3 heteroatoms. The second-order valence-corrected chi connectivity index (χ2v) is 5.12. The molecule has 0 radical (unpaired) electrons. The lowest BCUT2D eigenvalue weighted by Crippen LogP contribution is -2.00. The predicted molar refractivity (Wildman–Crippen MR) is 65.5 cm³/mol. The van der Waals surface area contributed by atoms with Crippen molar-refractivity contribution in [1.82, 2.24) is 9.55 Å². The topological polar surface area (TPSA) is 20.7 Å². The van der Waals surface area contributed by atoms with Gasteiger partial charge in [0.05, 0.1) is 0 Å². The van der Waals surface area contributed by atoms with Gasteiger partial charge in [0.2, 0.25) is 0 Å². The summed E-state index contributed by atoms with van der Waals surface area (Å²) in [6.07, 6.45) is 10.6. The number of aromatic amines is 1. The van der Waals surface area contributed by atoms with Crippen molar-refractivity contribution in [1.29, 1.82) is 0 Å². The van der Waals surface area contributed by atoms with Crippen LogP contribution >= 0.6 is 12.2 Å². The lowest BCUT2D eigenvalue weighted by molar-refractivity contribution is 0.457. The molecule has 1 heterocycles. The Morgan fingerprint density at radius 1 is 1.47 bits per heavy atom. The number of hydrogen-bond acceptors (Lipinski definition) is 1. The summed E-state index contributed by atoms with van der Waals surface area (Å²) in [6.45, 7) is 3.14. The number of rotatable bonds is 4. The van der Waals surface area contributed by atoms with E-state index in [2.05, 4.69) is 22.7 Å². The quantitative estimate of drug-likeness (QED) is 0.771. The van der Waals surface area contributed by atoms with Gasteiger partial charge >= 0.3 is 0 Å². The van der Waals surface area contributed by atoms with Crippen molar-refractivity contribution in [2.45, 2.75) is 52.0 Å². The SMILES string of the molecule is Cc1cn(CCCC2CCCC2)c(=S)[nH]1. The van der Waals surface area contributed by atoms with E-state index in [1.165, 1.54) is 44.2 Å². The molecule has 1 aromatic rings. The summed E-state index contributed by atoms with van der Waals surface area (Å²) >= 11 is 5.23. The zero-order chi connectivity index (χ0) is 10.7. The van der Waals surface area contributed by atoms with E-state index < -0.39 is 0 Å². The monoisotopic (exact) mass is 224 g/mol. The first-order valence-electron chi connectivity index (χ1n) is 6.02. The van der Waals surface area contributed by atoms with Gasteiger partial charge in [-0.1, -0.05) is 25.7 Å². The summed E-state index contributed by atoms with van der Waals surface area (Å²) in [5.41, 5.74) is 1.17. The van der Waals surface area contributed by atoms with E-state index in [1.807, 2.05) is 0 Å². The molecule has 84 valence electrons. The molecule has 0 aromatic carbocycles. The Labute approximate surface area is 96.7 Å². The summed E-state index contributed by atoms with van der Waals surface area (Å²) in [5.74, 6) is 0.999. The maximum Gasteiger partial charge on any atom is 0.177 e. The molecule has 15 heavy (non-hydrogen) atoms. The molecule has 0 aliphatic heterocycles. The van der Waals surface area contributed by atoms with Crippen LogP contribution in [0, 0.1) is 17.6 Å². The molecule has 1 aliphatic carbocycles. The van der Waals surface area contributed by atoms with Gasteiger partial charge in [-0.15, -0.1) is 0 Å². The highest BCUT2D eigenvalue weighted by Crippen LogP contribution is 2.28. The maximum atomic E-state index is 5.23. The van der Waals surface area contributed by atoms with Crippen molar-refractivity contribution in [3.8, 4) is 0 Å². The van der Waals surface area contributed by atoms with Crippen LogP contribution in [-0.4, -0.2) is 9.55 Å². The van der Waals surface area contributed by atoms with Crippen LogP contribution in [0.3, 0.4) is 0 Å². The van der Waals surface area contributed by atoms with E-state index in [9.17, 15) is 0 Å². The second-order valence-electron chi connectivity index (χ2n) is 4.73. The summed E-state index contributed by atoms with van der Waals surface area (Å²) in [4.78, 5) is 3.16. The van der Waals surface area contributed by atoms with Crippen molar-refractivity contribution >= 4 is 12.2 Å². The Morgan fingerprint density at radius 3 is 2.80 bits per heavy atom. The number of hydrogen-bond donors (Lipinski definition) is 1. The van der Waals surface area contributed by atoms with E-state index in [0.29, 0.717) is 0 Å². The number of nitrogens with one attached hydrogen (secondary N) is 1. The van der Waals surface area contributed by atoms with E-state index in [-0.39, 0.29) is 0 Å². The van der Waals surface area contributed by atoms with Gasteiger partial charge in [0.15, 0.2) is 4.77 Å². The minimum atomic E-state index is 0.874. The molecular weight excluding hydrogens is 204 g/mol. The first kappa shape index (κ1) is 10.9. The predicted octanol–water partition coefficient (Wildman–Crippen LogP) is 3.82. The highest BCUT2D eigenvalue weighted by atomic mass is 32.1. The largest absolute Gasteiger partial charge is 0.335 e. The average molecular weight is 224 g/mol. The normalized spacial score (nSPS) is 17.4. The Morgan fingerprint density at radius 2 is 2.20 bits per heavy atom. The lowest BCUT2D eigenvalue weighted by Gasteiger charge is -2.08. The van der Waals surface area contributed by atoms with Gasteiger partial charge in [-0.2, -0.15) is 0 Å². The molecule has 0 spiro atoms. The van der Waals surface area contributed by atoms with Crippen molar-refractivity contribution < 1.29 is 0 Å². The van der Waals surface area contributed by atoms with Crippen LogP contribution in [0.5, 0.6) is 0 Å². The molecule has 0 unspecified atom stereocenters. The van der Waals surface area contributed by atoms with Gasteiger partial charge in [0.25, 0.3) is 0 Å². The molecular formula is C12H20N2S. The molecule has 0 atom stereocenters. The molecule has 0 saturated heterocycles. The zero-order valence-electron chi connectivity index (χ0n) is 9.46. The average Bonchev–Trinajstić information content (AvgIpc) is 2.77. The fourth-order valence-corrected chi connectivity index (χ4v) is 2.89. The standard InChI is InChI=1S/C12H20N2S/c1-10-9-14(12(15)13-10)8-4-7-11-5-2-3-6-11/h9,11H,2-8H2,1H3,(H,13,15). The highest BCUT2D eigenvalue weighted by molar-refractivity contribution is 7.71. The maximum absolute atomic E-state index is 5.23. The van der Waals surface area contributed by atoms with E-state index >= 15 is 0 Å². The van der Waals surface area contributed by atoms with Gasteiger partial charge in [0, 0.05) is 18.4 Å².